The lowest BCUT2D eigenvalue weighted by atomic mass is 9.92. The first-order valence-corrected chi connectivity index (χ1v) is 7.28. The van der Waals surface area contributed by atoms with E-state index in [9.17, 15) is 4.79 Å². The summed E-state index contributed by atoms with van der Waals surface area (Å²) in [6, 6.07) is 0. The number of rotatable bonds is 4. The van der Waals surface area contributed by atoms with Crippen LogP contribution in [0.2, 0.25) is 0 Å². The lowest BCUT2D eigenvalue weighted by Crippen LogP contribution is -2.48. The number of carbonyl (C=O) groups is 1. The number of carbonyl (C=O) groups excluding carboxylic acids is 1. The van der Waals surface area contributed by atoms with Crippen molar-refractivity contribution in [2.75, 3.05) is 40.3 Å². The first-order chi connectivity index (χ1) is 9.43. The van der Waals surface area contributed by atoms with E-state index in [0.717, 1.165) is 19.0 Å². The minimum absolute atomic E-state index is 0. The Hall–Kier alpha value is -0.790. The van der Waals surface area contributed by atoms with Crippen molar-refractivity contribution in [1.82, 2.24) is 15.1 Å². The summed E-state index contributed by atoms with van der Waals surface area (Å²) in [6.07, 6.45) is 3.06. The normalized spacial score (nSPS) is 22.3. The van der Waals surface area contributed by atoms with Gasteiger partial charge in [-0.05, 0) is 18.3 Å². The molecule has 1 aliphatic heterocycles. The van der Waals surface area contributed by atoms with Gasteiger partial charge in [0.2, 0.25) is 5.91 Å². The van der Waals surface area contributed by atoms with Crippen LogP contribution in [0.1, 0.15) is 20.3 Å². The fourth-order valence-electron chi connectivity index (χ4n) is 2.55. The maximum atomic E-state index is 11.7. The van der Waals surface area contributed by atoms with Gasteiger partial charge < -0.3 is 15.1 Å². The zero-order chi connectivity index (χ0) is 15.1. The summed E-state index contributed by atoms with van der Waals surface area (Å²) in [5.41, 5.74) is 0. The largest absolute Gasteiger partial charge is 0.353 e. The third kappa shape index (κ3) is 7.15. The number of halogens is 1. The van der Waals surface area contributed by atoms with E-state index in [0.29, 0.717) is 18.4 Å². The molecule has 0 spiro atoms. The lowest BCUT2D eigenvalue weighted by Gasteiger charge is -2.37. The Bertz CT molecular complexity index is 361. The van der Waals surface area contributed by atoms with Crippen LogP contribution in [0.4, 0.5) is 0 Å². The van der Waals surface area contributed by atoms with Crippen molar-refractivity contribution in [3.05, 3.63) is 12.7 Å². The molecule has 5 nitrogen and oxygen atoms in total. The van der Waals surface area contributed by atoms with Gasteiger partial charge in [-0.3, -0.25) is 4.79 Å². The van der Waals surface area contributed by atoms with Crippen molar-refractivity contribution in [3.63, 3.8) is 0 Å². The Labute approximate surface area is 145 Å². The van der Waals surface area contributed by atoms with Crippen LogP contribution < -0.4 is 5.32 Å². The van der Waals surface area contributed by atoms with Crippen LogP contribution in [0.3, 0.4) is 0 Å². The lowest BCUT2D eigenvalue weighted by molar-refractivity contribution is -0.127. The summed E-state index contributed by atoms with van der Waals surface area (Å²) in [7, 11) is 3.50. The average Bonchev–Trinajstić information content (AvgIpc) is 2.37. The van der Waals surface area contributed by atoms with Crippen LogP contribution in [0.15, 0.2) is 17.6 Å². The molecule has 0 radical (unpaired) electrons. The molecular weight excluding hydrogens is 379 g/mol. The van der Waals surface area contributed by atoms with E-state index in [1.54, 1.807) is 25.1 Å². The number of hydrogen-bond donors (Lipinski definition) is 1. The van der Waals surface area contributed by atoms with E-state index >= 15 is 0 Å². The van der Waals surface area contributed by atoms with E-state index in [-0.39, 0.29) is 36.4 Å². The highest BCUT2D eigenvalue weighted by atomic mass is 127. The third-order valence-electron chi connectivity index (χ3n) is 3.44. The first-order valence-electron chi connectivity index (χ1n) is 7.28. The van der Waals surface area contributed by atoms with Crippen LogP contribution in [0, 0.1) is 11.8 Å². The minimum atomic E-state index is 0. The smallest absolute Gasteiger partial charge is 0.243 e. The van der Waals surface area contributed by atoms with Gasteiger partial charge in [0.1, 0.15) is 6.54 Å². The zero-order valence-corrected chi connectivity index (χ0v) is 16.0. The number of piperidine rings is 1. The number of aliphatic imine (C=N–C) groups is 1. The Morgan fingerprint density at radius 3 is 2.43 bits per heavy atom. The van der Waals surface area contributed by atoms with E-state index in [1.807, 2.05) is 0 Å². The van der Waals surface area contributed by atoms with Crippen LogP contribution in [-0.2, 0) is 4.79 Å². The van der Waals surface area contributed by atoms with Crippen molar-refractivity contribution in [2.45, 2.75) is 20.3 Å². The summed E-state index contributed by atoms with van der Waals surface area (Å²) >= 11 is 0. The highest BCUT2D eigenvalue weighted by Crippen LogP contribution is 2.20. The number of nitrogens with one attached hydrogen (secondary N) is 1. The number of guanidine groups is 1. The number of likely N-dealkylation sites (tertiary alicyclic amines) is 1. The second-order valence-corrected chi connectivity index (χ2v) is 5.95. The molecule has 1 N–H and O–H groups in total. The van der Waals surface area contributed by atoms with Crippen molar-refractivity contribution >= 4 is 35.8 Å². The van der Waals surface area contributed by atoms with Gasteiger partial charge in [-0.15, -0.1) is 30.6 Å². The molecule has 21 heavy (non-hydrogen) atoms. The second kappa shape index (κ2) is 10.0. The molecule has 0 aromatic carbocycles. The first kappa shape index (κ1) is 20.2. The fraction of sp³-hybridized carbons (Fsp3) is 0.733. The van der Waals surface area contributed by atoms with Gasteiger partial charge >= 0.3 is 0 Å². The molecule has 1 fully saturated rings. The monoisotopic (exact) mass is 408 g/mol. The Kier molecular flexibility index (Phi) is 9.65. The molecule has 2 unspecified atom stereocenters. The third-order valence-corrected chi connectivity index (χ3v) is 3.44. The van der Waals surface area contributed by atoms with E-state index in [1.165, 1.54) is 6.42 Å². The van der Waals surface area contributed by atoms with E-state index in [4.69, 9.17) is 0 Å². The molecule has 0 aliphatic carbocycles. The molecule has 0 aromatic rings. The predicted molar refractivity (Wildman–Crippen MR) is 99.1 cm³/mol. The molecule has 1 rings (SSSR count). The average molecular weight is 408 g/mol. The molecule has 2 atom stereocenters. The number of nitrogens with zero attached hydrogens (tertiary/aromatic N) is 3. The maximum Gasteiger partial charge on any atom is 0.243 e. The van der Waals surface area contributed by atoms with Crippen molar-refractivity contribution in [3.8, 4) is 0 Å². The topological polar surface area (TPSA) is 47.9 Å². The van der Waals surface area contributed by atoms with Gasteiger partial charge in [0, 0.05) is 33.7 Å². The molecule has 0 aromatic heterocycles. The summed E-state index contributed by atoms with van der Waals surface area (Å²) in [4.78, 5) is 20.0. The molecule has 1 heterocycles. The van der Waals surface area contributed by atoms with Gasteiger partial charge in [0.15, 0.2) is 5.96 Å². The van der Waals surface area contributed by atoms with Gasteiger partial charge in [0.05, 0.1) is 0 Å². The van der Waals surface area contributed by atoms with Crippen LogP contribution in [0.5, 0.6) is 0 Å². The molecule has 1 saturated heterocycles. The Morgan fingerprint density at radius 1 is 1.38 bits per heavy atom. The highest BCUT2D eigenvalue weighted by Gasteiger charge is 2.24. The molecule has 1 aliphatic rings. The highest BCUT2D eigenvalue weighted by molar-refractivity contribution is 14.0. The van der Waals surface area contributed by atoms with Gasteiger partial charge in [-0.25, -0.2) is 4.99 Å². The van der Waals surface area contributed by atoms with Crippen molar-refractivity contribution in [2.24, 2.45) is 16.8 Å². The second-order valence-electron chi connectivity index (χ2n) is 5.95. The van der Waals surface area contributed by atoms with Gasteiger partial charge in [0.25, 0.3) is 0 Å². The molecule has 0 saturated carbocycles. The van der Waals surface area contributed by atoms with Crippen LogP contribution >= 0.6 is 24.0 Å². The molecule has 6 heteroatoms. The van der Waals surface area contributed by atoms with Crippen molar-refractivity contribution < 1.29 is 4.79 Å². The summed E-state index contributed by atoms with van der Waals surface area (Å²) in [5, 5.41) is 3.26. The van der Waals surface area contributed by atoms with E-state index in [2.05, 4.69) is 35.6 Å². The fourth-order valence-corrected chi connectivity index (χ4v) is 2.55. The van der Waals surface area contributed by atoms with Gasteiger partial charge in [-0.1, -0.05) is 19.9 Å². The van der Waals surface area contributed by atoms with Crippen LogP contribution in [0.25, 0.3) is 0 Å². The molecular formula is C15H29IN4O. The molecule has 122 valence electrons. The number of amides is 1. The number of hydrogen-bond acceptors (Lipinski definition) is 2. The molecule has 1 amide bonds. The SMILES string of the molecule is C=CCNC(=NCC(=O)N(C)C)N1CC(C)CC(C)C1.I. The number of likely N-dealkylation sites (N-methyl/N-ethyl adjacent to an activating group) is 1. The van der Waals surface area contributed by atoms with Gasteiger partial charge in [-0.2, -0.15) is 0 Å². The molecule has 0 bridgehead atoms. The van der Waals surface area contributed by atoms with Crippen molar-refractivity contribution in [1.29, 1.82) is 0 Å². The zero-order valence-electron chi connectivity index (χ0n) is 13.6. The Balaban J connectivity index is 0.00000400. The summed E-state index contributed by atoms with van der Waals surface area (Å²) in [5.74, 6) is 2.14. The predicted octanol–water partition coefficient (Wildman–Crippen LogP) is 1.80. The summed E-state index contributed by atoms with van der Waals surface area (Å²) < 4.78 is 0. The standard InChI is InChI=1S/C15H28N4O.HI/c1-6-7-16-15(17-9-14(20)18(4)5)19-10-12(2)8-13(3)11-19;/h6,12-13H,1,7-11H2,2-5H3,(H,16,17);1H. The Morgan fingerprint density at radius 2 is 1.95 bits per heavy atom. The minimum Gasteiger partial charge on any atom is -0.353 e. The van der Waals surface area contributed by atoms with Crippen LogP contribution in [-0.4, -0.2) is 61.9 Å². The maximum absolute atomic E-state index is 11.7. The van der Waals surface area contributed by atoms with E-state index < -0.39 is 0 Å². The summed E-state index contributed by atoms with van der Waals surface area (Å²) in [6.45, 7) is 11.1. The quantitative estimate of drug-likeness (QED) is 0.334.